The first-order chi connectivity index (χ1) is 14.7. The third-order valence-corrected chi connectivity index (χ3v) is 4.84. The molecule has 0 heterocycles. The summed E-state index contributed by atoms with van der Waals surface area (Å²) in [6.45, 7) is 5.34. The van der Waals surface area contributed by atoms with E-state index < -0.39 is 0 Å². The molecular weight excluding hydrogens is 372 g/mol. The van der Waals surface area contributed by atoms with E-state index in [9.17, 15) is 10.5 Å². The van der Waals surface area contributed by atoms with Crippen molar-refractivity contribution in [2.75, 3.05) is 13.2 Å². The molecule has 0 saturated carbocycles. The Morgan fingerprint density at radius 1 is 0.667 bits per heavy atom. The third kappa shape index (κ3) is 4.62. The minimum Gasteiger partial charge on any atom is -0.494 e. The molecule has 0 N–H and O–H groups in total. The second-order valence-electron chi connectivity index (χ2n) is 6.82. The summed E-state index contributed by atoms with van der Waals surface area (Å²) >= 11 is 0. The predicted molar refractivity (Wildman–Crippen MR) is 118 cm³/mol. The zero-order chi connectivity index (χ0) is 21.3. The van der Waals surface area contributed by atoms with Gasteiger partial charge in [0.15, 0.2) is 0 Å². The zero-order valence-electron chi connectivity index (χ0n) is 17.3. The van der Waals surface area contributed by atoms with Gasteiger partial charge in [-0.25, -0.2) is 0 Å². The van der Waals surface area contributed by atoms with Gasteiger partial charge in [0.25, 0.3) is 0 Å². The number of hydrogen-bond acceptors (Lipinski definition) is 4. The lowest BCUT2D eigenvalue weighted by molar-refractivity contribution is 0.309. The van der Waals surface area contributed by atoms with Crippen LogP contribution in [0.4, 0.5) is 0 Å². The van der Waals surface area contributed by atoms with Crippen molar-refractivity contribution in [3.8, 4) is 45.9 Å². The molecule has 3 rings (SSSR count). The van der Waals surface area contributed by atoms with Gasteiger partial charge in [-0.15, -0.1) is 0 Å². The topological polar surface area (TPSA) is 66.0 Å². The van der Waals surface area contributed by atoms with Crippen LogP contribution in [-0.4, -0.2) is 13.2 Å². The van der Waals surface area contributed by atoms with Crippen molar-refractivity contribution in [3.63, 3.8) is 0 Å². The Balaban J connectivity index is 1.96. The minimum atomic E-state index is 0.377. The summed E-state index contributed by atoms with van der Waals surface area (Å²) in [6, 6.07) is 23.5. The van der Waals surface area contributed by atoms with E-state index in [4.69, 9.17) is 9.47 Å². The van der Waals surface area contributed by atoms with Crippen LogP contribution in [0.3, 0.4) is 0 Å². The molecule has 30 heavy (non-hydrogen) atoms. The Bertz CT molecular complexity index is 1070. The number of nitriles is 2. The first-order valence-corrected chi connectivity index (χ1v) is 10.2. The number of ether oxygens (including phenoxy) is 2. The number of rotatable bonds is 8. The summed E-state index contributed by atoms with van der Waals surface area (Å²) in [5.74, 6) is 1.58. The number of benzene rings is 3. The highest BCUT2D eigenvalue weighted by molar-refractivity contribution is 5.82. The van der Waals surface area contributed by atoms with Crippen LogP contribution in [0.5, 0.6) is 11.5 Å². The molecule has 0 saturated heterocycles. The molecule has 0 aliphatic heterocycles. The SMILES string of the molecule is CCCCOc1ccc(-c2ccc(-c3ccc(OCC)cc3)c(C#N)c2C#N)cc1. The van der Waals surface area contributed by atoms with E-state index in [1.54, 1.807) is 0 Å². The average Bonchev–Trinajstić information content (AvgIpc) is 2.79. The van der Waals surface area contributed by atoms with Gasteiger partial charge in [0, 0.05) is 11.1 Å². The van der Waals surface area contributed by atoms with Gasteiger partial charge >= 0.3 is 0 Å². The molecule has 0 radical (unpaired) electrons. The number of unbranched alkanes of at least 4 members (excludes halogenated alkanes) is 1. The Labute approximate surface area is 177 Å². The molecule has 0 atom stereocenters. The molecular formula is C26H24N2O2. The highest BCUT2D eigenvalue weighted by atomic mass is 16.5. The molecule has 3 aromatic carbocycles. The third-order valence-electron chi connectivity index (χ3n) is 4.84. The first kappa shape index (κ1) is 21.0. The summed E-state index contributed by atoms with van der Waals surface area (Å²) in [5, 5.41) is 19.6. The van der Waals surface area contributed by atoms with Crippen molar-refractivity contribution in [2.24, 2.45) is 0 Å². The van der Waals surface area contributed by atoms with Crippen molar-refractivity contribution in [2.45, 2.75) is 26.7 Å². The van der Waals surface area contributed by atoms with E-state index in [2.05, 4.69) is 19.1 Å². The first-order valence-electron chi connectivity index (χ1n) is 10.2. The van der Waals surface area contributed by atoms with Gasteiger partial charge in [0.05, 0.1) is 24.3 Å². The second-order valence-corrected chi connectivity index (χ2v) is 6.82. The molecule has 0 amide bonds. The molecule has 0 spiro atoms. The lowest BCUT2D eigenvalue weighted by Gasteiger charge is -2.12. The summed E-state index contributed by atoms with van der Waals surface area (Å²) in [6.07, 6.45) is 2.10. The molecule has 150 valence electrons. The standard InChI is InChI=1S/C26H24N2O2/c1-3-5-16-30-22-12-8-20(9-13-22)24-15-14-23(25(17-27)26(24)18-28)19-6-10-21(11-7-19)29-4-2/h6-15H,3-5,16H2,1-2H3. The normalized spacial score (nSPS) is 10.1. The summed E-state index contributed by atoms with van der Waals surface area (Å²) < 4.78 is 11.2. The molecule has 4 heteroatoms. The monoisotopic (exact) mass is 396 g/mol. The van der Waals surface area contributed by atoms with E-state index in [0.29, 0.717) is 24.3 Å². The van der Waals surface area contributed by atoms with Crippen molar-refractivity contribution in [3.05, 3.63) is 71.8 Å². The van der Waals surface area contributed by atoms with Crippen LogP contribution in [0.25, 0.3) is 22.3 Å². The van der Waals surface area contributed by atoms with Crippen LogP contribution in [-0.2, 0) is 0 Å². The number of nitrogens with zero attached hydrogens (tertiary/aromatic N) is 2. The van der Waals surface area contributed by atoms with E-state index in [1.807, 2.05) is 67.6 Å². The van der Waals surface area contributed by atoms with E-state index in [1.165, 1.54) is 0 Å². The highest BCUT2D eigenvalue weighted by Crippen LogP contribution is 2.34. The van der Waals surface area contributed by atoms with Crippen molar-refractivity contribution in [1.29, 1.82) is 10.5 Å². The highest BCUT2D eigenvalue weighted by Gasteiger charge is 2.16. The van der Waals surface area contributed by atoms with Gasteiger partial charge in [0.1, 0.15) is 23.6 Å². The van der Waals surface area contributed by atoms with Gasteiger partial charge in [-0.1, -0.05) is 49.7 Å². The quantitative estimate of drug-likeness (QED) is 0.417. The summed E-state index contributed by atoms with van der Waals surface area (Å²) in [4.78, 5) is 0. The Hall–Kier alpha value is -3.76. The fourth-order valence-corrected chi connectivity index (χ4v) is 3.28. The molecule has 0 fully saturated rings. The lowest BCUT2D eigenvalue weighted by atomic mass is 9.90. The fourth-order valence-electron chi connectivity index (χ4n) is 3.28. The van der Waals surface area contributed by atoms with E-state index in [-0.39, 0.29) is 0 Å². The minimum absolute atomic E-state index is 0.377. The van der Waals surface area contributed by atoms with Crippen molar-refractivity contribution < 1.29 is 9.47 Å². The zero-order valence-corrected chi connectivity index (χ0v) is 17.3. The lowest BCUT2D eigenvalue weighted by Crippen LogP contribution is -1.97. The number of hydrogen-bond donors (Lipinski definition) is 0. The van der Waals surface area contributed by atoms with Gasteiger partial charge in [-0.2, -0.15) is 10.5 Å². The van der Waals surface area contributed by atoms with Gasteiger partial charge in [-0.05, 0) is 48.7 Å². The van der Waals surface area contributed by atoms with E-state index >= 15 is 0 Å². The van der Waals surface area contributed by atoms with E-state index in [0.717, 1.165) is 46.6 Å². The molecule has 0 aliphatic carbocycles. The van der Waals surface area contributed by atoms with Gasteiger partial charge < -0.3 is 9.47 Å². The van der Waals surface area contributed by atoms with Crippen LogP contribution in [0, 0.1) is 22.7 Å². The molecule has 3 aromatic rings. The molecule has 0 aliphatic rings. The Morgan fingerprint density at radius 3 is 1.53 bits per heavy atom. The maximum atomic E-state index is 9.83. The maximum absolute atomic E-state index is 9.83. The molecule has 0 aromatic heterocycles. The maximum Gasteiger partial charge on any atom is 0.119 e. The van der Waals surface area contributed by atoms with Gasteiger partial charge in [-0.3, -0.25) is 0 Å². The van der Waals surface area contributed by atoms with Crippen molar-refractivity contribution >= 4 is 0 Å². The predicted octanol–water partition coefficient (Wildman–Crippen LogP) is 6.34. The second kappa shape index (κ2) is 10.1. The van der Waals surface area contributed by atoms with Crippen molar-refractivity contribution in [1.82, 2.24) is 0 Å². The molecule has 4 nitrogen and oxygen atoms in total. The smallest absolute Gasteiger partial charge is 0.119 e. The summed E-state index contributed by atoms with van der Waals surface area (Å²) in [5.41, 5.74) is 3.98. The molecule has 0 unspecified atom stereocenters. The van der Waals surface area contributed by atoms with Gasteiger partial charge in [0.2, 0.25) is 0 Å². The van der Waals surface area contributed by atoms with Crippen LogP contribution >= 0.6 is 0 Å². The largest absolute Gasteiger partial charge is 0.494 e. The Kier molecular flexibility index (Phi) is 7.09. The summed E-state index contributed by atoms with van der Waals surface area (Å²) in [7, 11) is 0. The van der Waals surface area contributed by atoms with Crippen LogP contribution in [0.15, 0.2) is 60.7 Å². The fraction of sp³-hybridized carbons (Fsp3) is 0.231. The van der Waals surface area contributed by atoms with Crippen LogP contribution in [0.1, 0.15) is 37.8 Å². The average molecular weight is 396 g/mol. The van der Waals surface area contributed by atoms with Crippen LogP contribution < -0.4 is 9.47 Å². The molecule has 0 bridgehead atoms. The van der Waals surface area contributed by atoms with Crippen LogP contribution in [0.2, 0.25) is 0 Å². The Morgan fingerprint density at radius 2 is 1.13 bits per heavy atom.